The lowest BCUT2D eigenvalue weighted by molar-refractivity contribution is 0.0847. The molecule has 0 fully saturated rings. The molecule has 3 heterocycles. The van der Waals surface area contributed by atoms with Crippen LogP contribution in [0.25, 0.3) is 22.4 Å². The molecular weight excluding hydrogens is 458 g/mol. The third-order valence-corrected chi connectivity index (χ3v) is 5.33. The van der Waals surface area contributed by atoms with Gasteiger partial charge in [0.1, 0.15) is 5.69 Å². The Labute approximate surface area is 205 Å². The summed E-state index contributed by atoms with van der Waals surface area (Å²) in [6.07, 6.45) is 4.55. The molecule has 0 saturated heterocycles. The molecule has 3 aromatic heterocycles. The van der Waals surface area contributed by atoms with Gasteiger partial charge in [0.05, 0.1) is 22.9 Å². The Balaban J connectivity index is 1.31. The van der Waals surface area contributed by atoms with E-state index in [0.29, 0.717) is 39.2 Å². The van der Waals surface area contributed by atoms with Crippen molar-refractivity contribution in [1.29, 1.82) is 0 Å². The van der Waals surface area contributed by atoms with Crippen molar-refractivity contribution in [2.24, 2.45) is 0 Å². The summed E-state index contributed by atoms with van der Waals surface area (Å²) in [5.74, 6) is -0.906. The predicted molar refractivity (Wildman–Crippen MR) is 133 cm³/mol. The molecular formula is C27H19N5O4. The molecule has 9 nitrogen and oxygen atoms in total. The minimum absolute atomic E-state index is 0.246. The van der Waals surface area contributed by atoms with Crippen molar-refractivity contribution in [2.75, 3.05) is 5.32 Å². The summed E-state index contributed by atoms with van der Waals surface area (Å²) in [6.45, 7) is 0. The number of carbonyl (C=O) groups is 3. The fourth-order valence-corrected chi connectivity index (χ4v) is 3.61. The maximum atomic E-state index is 13.0. The van der Waals surface area contributed by atoms with E-state index in [4.69, 9.17) is 4.42 Å². The molecule has 36 heavy (non-hydrogen) atoms. The zero-order valence-electron chi connectivity index (χ0n) is 18.8. The number of fused-ring (bicyclic) bond motifs is 1. The fourth-order valence-electron chi connectivity index (χ4n) is 3.61. The number of rotatable bonds is 5. The monoisotopic (exact) mass is 477 g/mol. The van der Waals surface area contributed by atoms with Gasteiger partial charge in [0.15, 0.2) is 5.76 Å². The molecule has 0 radical (unpaired) electrons. The number of aromatic nitrogens is 2. The molecule has 5 rings (SSSR count). The standard InChI is InChI=1S/C27H19N5O4/c33-25(18-7-4-12-28-16-18)29-19-8-3-6-17(14-19)26(34)31-32-27(35)21-15-23(24-11-5-13-36-24)30-22-10-2-1-9-20(21)22/h1-16H,(H,29,33)(H,31,34)(H,32,35). The molecule has 0 aliphatic heterocycles. The number of hydrazine groups is 1. The molecule has 0 atom stereocenters. The molecule has 5 aromatic rings. The van der Waals surface area contributed by atoms with Crippen LogP contribution in [0.1, 0.15) is 31.1 Å². The van der Waals surface area contributed by atoms with Crippen molar-refractivity contribution >= 4 is 34.3 Å². The largest absolute Gasteiger partial charge is 0.463 e. The topological polar surface area (TPSA) is 126 Å². The number of anilines is 1. The van der Waals surface area contributed by atoms with Gasteiger partial charge in [-0.15, -0.1) is 0 Å². The molecule has 0 bridgehead atoms. The lowest BCUT2D eigenvalue weighted by Gasteiger charge is -2.11. The van der Waals surface area contributed by atoms with E-state index in [1.54, 1.807) is 72.9 Å². The zero-order chi connectivity index (χ0) is 24.9. The van der Waals surface area contributed by atoms with E-state index in [0.717, 1.165) is 0 Å². The zero-order valence-corrected chi connectivity index (χ0v) is 18.8. The molecule has 9 heteroatoms. The molecule has 0 aliphatic rings. The Morgan fingerprint density at radius 3 is 2.39 bits per heavy atom. The lowest BCUT2D eigenvalue weighted by Crippen LogP contribution is -2.41. The Hall–Kier alpha value is -5.31. The van der Waals surface area contributed by atoms with Gasteiger partial charge in [0.2, 0.25) is 0 Å². The van der Waals surface area contributed by atoms with Crippen molar-refractivity contribution in [3.05, 3.63) is 114 Å². The van der Waals surface area contributed by atoms with Gasteiger partial charge in [0.25, 0.3) is 17.7 Å². The second kappa shape index (κ2) is 9.90. The van der Waals surface area contributed by atoms with E-state index in [1.807, 2.05) is 6.07 Å². The highest BCUT2D eigenvalue weighted by Gasteiger charge is 2.16. The van der Waals surface area contributed by atoms with Gasteiger partial charge < -0.3 is 9.73 Å². The van der Waals surface area contributed by atoms with Crippen LogP contribution in [0.15, 0.2) is 102 Å². The van der Waals surface area contributed by atoms with Crippen LogP contribution in [0.2, 0.25) is 0 Å². The van der Waals surface area contributed by atoms with Crippen molar-refractivity contribution in [3.63, 3.8) is 0 Å². The van der Waals surface area contributed by atoms with Gasteiger partial charge in [-0.1, -0.05) is 24.3 Å². The van der Waals surface area contributed by atoms with Crippen LogP contribution in [0.5, 0.6) is 0 Å². The van der Waals surface area contributed by atoms with Crippen molar-refractivity contribution in [3.8, 4) is 11.5 Å². The van der Waals surface area contributed by atoms with Crippen LogP contribution >= 0.6 is 0 Å². The second-order valence-electron chi connectivity index (χ2n) is 7.73. The van der Waals surface area contributed by atoms with Crippen LogP contribution < -0.4 is 16.2 Å². The summed E-state index contributed by atoms with van der Waals surface area (Å²) in [6, 6.07) is 21.9. The normalized spacial score (nSPS) is 10.6. The lowest BCUT2D eigenvalue weighted by atomic mass is 10.1. The summed E-state index contributed by atoms with van der Waals surface area (Å²) >= 11 is 0. The summed E-state index contributed by atoms with van der Waals surface area (Å²) in [5.41, 5.74) is 7.36. The molecule has 0 unspecified atom stereocenters. The highest BCUT2D eigenvalue weighted by atomic mass is 16.3. The Bertz CT molecular complexity index is 1570. The first-order chi connectivity index (χ1) is 17.6. The highest BCUT2D eigenvalue weighted by molar-refractivity contribution is 6.08. The second-order valence-corrected chi connectivity index (χ2v) is 7.73. The van der Waals surface area contributed by atoms with Gasteiger partial charge in [-0.3, -0.25) is 30.2 Å². The summed E-state index contributed by atoms with van der Waals surface area (Å²) < 4.78 is 5.43. The quantitative estimate of drug-likeness (QED) is 0.326. The molecule has 2 aromatic carbocycles. The van der Waals surface area contributed by atoms with E-state index in [2.05, 4.69) is 26.1 Å². The first-order valence-corrected chi connectivity index (χ1v) is 10.9. The molecule has 3 N–H and O–H groups in total. The fraction of sp³-hybridized carbons (Fsp3) is 0. The van der Waals surface area contributed by atoms with Gasteiger partial charge in [0, 0.05) is 29.0 Å². The van der Waals surface area contributed by atoms with Crippen molar-refractivity contribution in [2.45, 2.75) is 0 Å². The van der Waals surface area contributed by atoms with Crippen LogP contribution in [0.3, 0.4) is 0 Å². The molecule has 176 valence electrons. The number of pyridine rings is 2. The third kappa shape index (κ3) is 4.80. The number of benzene rings is 2. The molecule has 0 saturated carbocycles. The number of hydrogen-bond donors (Lipinski definition) is 3. The number of furan rings is 1. The van der Waals surface area contributed by atoms with E-state index in [-0.39, 0.29) is 11.5 Å². The van der Waals surface area contributed by atoms with E-state index < -0.39 is 11.8 Å². The predicted octanol–water partition coefficient (Wildman–Crippen LogP) is 4.22. The van der Waals surface area contributed by atoms with Crippen LogP contribution in [-0.2, 0) is 0 Å². The number of hydrogen-bond acceptors (Lipinski definition) is 6. The van der Waals surface area contributed by atoms with E-state index >= 15 is 0 Å². The first-order valence-electron chi connectivity index (χ1n) is 10.9. The number of nitrogens with one attached hydrogen (secondary N) is 3. The first kappa shape index (κ1) is 22.5. The maximum absolute atomic E-state index is 13.0. The van der Waals surface area contributed by atoms with E-state index in [1.165, 1.54) is 18.5 Å². The number of carbonyl (C=O) groups excluding carboxylic acids is 3. The highest BCUT2D eigenvalue weighted by Crippen LogP contribution is 2.25. The number of para-hydroxylation sites is 1. The minimum atomic E-state index is -0.551. The number of amides is 3. The van der Waals surface area contributed by atoms with E-state index in [9.17, 15) is 14.4 Å². The van der Waals surface area contributed by atoms with Gasteiger partial charge in [-0.2, -0.15) is 0 Å². The smallest absolute Gasteiger partial charge is 0.270 e. The Morgan fingerprint density at radius 1 is 0.750 bits per heavy atom. The minimum Gasteiger partial charge on any atom is -0.463 e. The average molecular weight is 477 g/mol. The van der Waals surface area contributed by atoms with Gasteiger partial charge >= 0.3 is 0 Å². The molecule has 0 aliphatic carbocycles. The van der Waals surface area contributed by atoms with Crippen molar-refractivity contribution in [1.82, 2.24) is 20.8 Å². The average Bonchev–Trinajstić information content (AvgIpc) is 3.47. The van der Waals surface area contributed by atoms with Crippen LogP contribution in [0, 0.1) is 0 Å². The summed E-state index contributed by atoms with van der Waals surface area (Å²) in [7, 11) is 0. The number of nitrogens with zero attached hydrogens (tertiary/aromatic N) is 2. The SMILES string of the molecule is O=C(NNC(=O)c1cc(-c2ccco2)nc2ccccc12)c1cccc(NC(=O)c2cccnc2)c1. The Kier molecular flexibility index (Phi) is 6.18. The summed E-state index contributed by atoms with van der Waals surface area (Å²) in [5, 5.41) is 3.35. The van der Waals surface area contributed by atoms with Gasteiger partial charge in [-0.25, -0.2) is 4.98 Å². The van der Waals surface area contributed by atoms with Crippen LogP contribution in [-0.4, -0.2) is 27.7 Å². The summed E-state index contributed by atoms with van der Waals surface area (Å²) in [4.78, 5) is 46.6. The van der Waals surface area contributed by atoms with Crippen molar-refractivity contribution < 1.29 is 18.8 Å². The molecule has 0 spiro atoms. The van der Waals surface area contributed by atoms with Crippen LogP contribution in [0.4, 0.5) is 5.69 Å². The van der Waals surface area contributed by atoms with Gasteiger partial charge in [-0.05, 0) is 54.6 Å². The maximum Gasteiger partial charge on any atom is 0.270 e. The Morgan fingerprint density at radius 2 is 1.58 bits per heavy atom. The molecule has 3 amide bonds. The third-order valence-electron chi connectivity index (χ3n) is 5.33.